The van der Waals surface area contributed by atoms with Crippen molar-refractivity contribution in [2.24, 2.45) is 5.92 Å². The lowest BCUT2D eigenvalue weighted by molar-refractivity contribution is -0.140. The Labute approximate surface area is 191 Å². The second-order valence-corrected chi connectivity index (χ2v) is 8.70. The molecule has 2 aromatic rings. The van der Waals surface area contributed by atoms with Gasteiger partial charge in [-0.05, 0) is 42.7 Å². The van der Waals surface area contributed by atoms with E-state index in [1.54, 1.807) is 25.1 Å². The third-order valence-corrected chi connectivity index (χ3v) is 5.54. The lowest BCUT2D eigenvalue weighted by atomic mass is 10.1. The van der Waals surface area contributed by atoms with Crippen molar-refractivity contribution in [3.05, 3.63) is 68.4 Å². The number of amides is 2. The highest BCUT2D eigenvalue weighted by atomic mass is 35.5. The summed E-state index contributed by atoms with van der Waals surface area (Å²) in [5.41, 5.74) is 0.712. The van der Waals surface area contributed by atoms with Crippen molar-refractivity contribution in [3.8, 4) is 0 Å². The van der Waals surface area contributed by atoms with Crippen LogP contribution >= 0.6 is 34.8 Å². The summed E-state index contributed by atoms with van der Waals surface area (Å²) in [5, 5.41) is 3.82. The molecular weight excluding hydrogens is 450 g/mol. The molecule has 0 aliphatic heterocycles. The minimum atomic E-state index is -0.798. The van der Waals surface area contributed by atoms with Crippen LogP contribution in [0.25, 0.3) is 0 Å². The summed E-state index contributed by atoms with van der Waals surface area (Å²) in [5.74, 6) is -1.06. The summed E-state index contributed by atoms with van der Waals surface area (Å²) in [4.78, 5) is 27.2. The standard InChI is InChI=1S/C22H24Cl3FN2O2/c1-13(2)11-27-22(30)14(3)28(12-15-7-8-16(23)9-19(15)25)21(29)10-17-18(24)5-4-6-20(17)26/h4-9,13-14H,10-12H2,1-3H3,(H,27,30)/t14-/m0/s1. The van der Waals surface area contributed by atoms with E-state index in [2.05, 4.69) is 5.32 Å². The van der Waals surface area contributed by atoms with Gasteiger partial charge in [0.25, 0.3) is 0 Å². The van der Waals surface area contributed by atoms with Crippen LogP contribution in [0.1, 0.15) is 31.9 Å². The van der Waals surface area contributed by atoms with Gasteiger partial charge in [-0.2, -0.15) is 0 Å². The largest absolute Gasteiger partial charge is 0.354 e. The van der Waals surface area contributed by atoms with Gasteiger partial charge < -0.3 is 10.2 Å². The van der Waals surface area contributed by atoms with Gasteiger partial charge in [-0.25, -0.2) is 4.39 Å². The Morgan fingerprint density at radius 3 is 2.37 bits per heavy atom. The van der Waals surface area contributed by atoms with Crippen LogP contribution in [0.2, 0.25) is 15.1 Å². The molecule has 0 spiro atoms. The number of carbonyl (C=O) groups is 2. The highest BCUT2D eigenvalue weighted by Gasteiger charge is 2.28. The number of hydrogen-bond donors (Lipinski definition) is 1. The van der Waals surface area contributed by atoms with Gasteiger partial charge in [0.15, 0.2) is 0 Å². The fourth-order valence-electron chi connectivity index (χ4n) is 2.82. The zero-order chi connectivity index (χ0) is 22.4. The normalized spacial score (nSPS) is 12.0. The van der Waals surface area contributed by atoms with Gasteiger partial charge in [0.1, 0.15) is 11.9 Å². The maximum absolute atomic E-state index is 14.2. The molecule has 30 heavy (non-hydrogen) atoms. The molecule has 0 unspecified atom stereocenters. The number of rotatable bonds is 8. The first-order valence-electron chi connectivity index (χ1n) is 9.54. The van der Waals surface area contributed by atoms with Crippen molar-refractivity contribution in [3.63, 3.8) is 0 Å². The smallest absolute Gasteiger partial charge is 0.242 e. The monoisotopic (exact) mass is 472 g/mol. The Bertz CT molecular complexity index is 901. The first-order valence-corrected chi connectivity index (χ1v) is 10.7. The fraction of sp³-hybridized carbons (Fsp3) is 0.364. The molecule has 1 atom stereocenters. The number of benzene rings is 2. The van der Waals surface area contributed by atoms with Crippen LogP contribution in [0.4, 0.5) is 4.39 Å². The number of hydrogen-bond acceptors (Lipinski definition) is 2. The van der Waals surface area contributed by atoms with E-state index in [4.69, 9.17) is 34.8 Å². The van der Waals surface area contributed by atoms with Crippen LogP contribution in [0.5, 0.6) is 0 Å². The predicted octanol–water partition coefficient (Wildman–Crippen LogP) is 5.52. The van der Waals surface area contributed by atoms with Gasteiger partial charge in [0, 0.05) is 33.7 Å². The number of nitrogens with zero attached hydrogens (tertiary/aromatic N) is 1. The highest BCUT2D eigenvalue weighted by Crippen LogP contribution is 2.25. The first-order chi connectivity index (χ1) is 14.1. The van der Waals surface area contributed by atoms with Gasteiger partial charge in [0.2, 0.25) is 11.8 Å². The molecule has 0 aliphatic rings. The minimum Gasteiger partial charge on any atom is -0.354 e. The average Bonchev–Trinajstić information content (AvgIpc) is 2.67. The summed E-state index contributed by atoms with van der Waals surface area (Å²) >= 11 is 18.3. The molecule has 2 amide bonds. The van der Waals surface area contributed by atoms with E-state index in [0.29, 0.717) is 22.2 Å². The van der Waals surface area contributed by atoms with Gasteiger partial charge in [-0.15, -0.1) is 0 Å². The van der Waals surface area contributed by atoms with Crippen molar-refractivity contribution in [2.75, 3.05) is 6.54 Å². The summed E-state index contributed by atoms with van der Waals surface area (Å²) in [6, 6.07) is 8.35. The van der Waals surface area contributed by atoms with E-state index in [0.717, 1.165) is 0 Å². The van der Waals surface area contributed by atoms with E-state index in [1.807, 2.05) is 13.8 Å². The molecule has 0 saturated carbocycles. The predicted molar refractivity (Wildman–Crippen MR) is 119 cm³/mol. The molecule has 4 nitrogen and oxygen atoms in total. The summed E-state index contributed by atoms with van der Waals surface area (Å²) in [6.45, 7) is 6.12. The van der Waals surface area contributed by atoms with E-state index in [1.165, 1.54) is 23.1 Å². The molecule has 1 N–H and O–H groups in total. The Morgan fingerprint density at radius 2 is 1.77 bits per heavy atom. The third kappa shape index (κ3) is 6.59. The SMILES string of the molecule is CC(C)CNC(=O)[C@H](C)N(Cc1ccc(Cl)cc1Cl)C(=O)Cc1c(F)cccc1Cl. The van der Waals surface area contributed by atoms with E-state index in [9.17, 15) is 14.0 Å². The van der Waals surface area contributed by atoms with E-state index in [-0.39, 0.29) is 35.4 Å². The second kappa shape index (κ2) is 11.0. The fourth-order valence-corrected chi connectivity index (χ4v) is 3.52. The van der Waals surface area contributed by atoms with Gasteiger partial charge in [-0.1, -0.05) is 60.8 Å². The van der Waals surface area contributed by atoms with Crippen LogP contribution in [0.15, 0.2) is 36.4 Å². The lowest BCUT2D eigenvalue weighted by Gasteiger charge is -2.29. The van der Waals surface area contributed by atoms with Crippen LogP contribution in [-0.4, -0.2) is 29.3 Å². The zero-order valence-corrected chi connectivity index (χ0v) is 19.3. The molecule has 0 fully saturated rings. The third-order valence-electron chi connectivity index (χ3n) is 4.60. The summed E-state index contributed by atoms with van der Waals surface area (Å²) in [6.07, 6.45) is -0.279. The van der Waals surface area contributed by atoms with Crippen molar-refractivity contribution >= 4 is 46.6 Å². The number of nitrogens with one attached hydrogen (secondary N) is 1. The maximum atomic E-state index is 14.2. The van der Waals surface area contributed by atoms with Gasteiger partial charge in [-0.3, -0.25) is 9.59 Å². The molecule has 2 aromatic carbocycles. The Morgan fingerprint density at radius 1 is 1.07 bits per heavy atom. The first kappa shape index (κ1) is 24.4. The van der Waals surface area contributed by atoms with Crippen LogP contribution < -0.4 is 5.32 Å². The molecule has 0 bridgehead atoms. The summed E-state index contributed by atoms with van der Waals surface area (Å²) < 4.78 is 14.2. The maximum Gasteiger partial charge on any atom is 0.242 e. The molecule has 8 heteroatoms. The Kier molecular flexibility index (Phi) is 8.95. The lowest BCUT2D eigenvalue weighted by Crippen LogP contribution is -2.48. The van der Waals surface area contributed by atoms with Crippen LogP contribution in [0, 0.1) is 11.7 Å². The van der Waals surface area contributed by atoms with Crippen molar-refractivity contribution in [1.82, 2.24) is 10.2 Å². The molecule has 162 valence electrons. The molecule has 0 aromatic heterocycles. The topological polar surface area (TPSA) is 49.4 Å². The molecule has 0 aliphatic carbocycles. The van der Waals surface area contributed by atoms with E-state index < -0.39 is 17.8 Å². The Hall–Kier alpha value is -1.82. The van der Waals surface area contributed by atoms with Crippen molar-refractivity contribution in [2.45, 2.75) is 39.8 Å². The van der Waals surface area contributed by atoms with Crippen LogP contribution in [-0.2, 0) is 22.6 Å². The minimum absolute atomic E-state index is 0.0666. The highest BCUT2D eigenvalue weighted by molar-refractivity contribution is 6.35. The molecule has 0 saturated heterocycles. The quantitative estimate of drug-likeness (QED) is 0.549. The molecular formula is C22H24Cl3FN2O2. The molecule has 0 heterocycles. The van der Waals surface area contributed by atoms with Crippen molar-refractivity contribution < 1.29 is 14.0 Å². The second-order valence-electron chi connectivity index (χ2n) is 7.45. The van der Waals surface area contributed by atoms with Gasteiger partial charge in [0.05, 0.1) is 6.42 Å². The van der Waals surface area contributed by atoms with Gasteiger partial charge >= 0.3 is 0 Å². The number of halogens is 4. The van der Waals surface area contributed by atoms with E-state index >= 15 is 0 Å². The molecule has 2 rings (SSSR count). The average molecular weight is 474 g/mol. The Balaban J connectivity index is 2.31. The van der Waals surface area contributed by atoms with Crippen LogP contribution in [0.3, 0.4) is 0 Å². The zero-order valence-electron chi connectivity index (χ0n) is 17.0. The number of carbonyl (C=O) groups excluding carboxylic acids is 2. The van der Waals surface area contributed by atoms with Crippen molar-refractivity contribution in [1.29, 1.82) is 0 Å². The molecule has 0 radical (unpaired) electrons. The summed E-state index contributed by atoms with van der Waals surface area (Å²) in [7, 11) is 0.